The van der Waals surface area contributed by atoms with Gasteiger partial charge in [-0.3, -0.25) is 4.99 Å². The summed E-state index contributed by atoms with van der Waals surface area (Å²) in [7, 11) is 1.65. The highest BCUT2D eigenvalue weighted by Crippen LogP contribution is 2.42. The van der Waals surface area contributed by atoms with Crippen molar-refractivity contribution in [3.8, 4) is 17.2 Å². The molecule has 4 nitrogen and oxygen atoms in total. The van der Waals surface area contributed by atoms with Gasteiger partial charge < -0.3 is 14.2 Å². The Kier molecular flexibility index (Phi) is 3.58. The number of aliphatic imine (C=N–C) groups is 1. The Labute approximate surface area is 113 Å². The van der Waals surface area contributed by atoms with Crippen LogP contribution >= 0.6 is 0 Å². The van der Waals surface area contributed by atoms with Crippen molar-refractivity contribution in [2.45, 2.75) is 38.1 Å². The van der Waals surface area contributed by atoms with Gasteiger partial charge in [0, 0.05) is 17.8 Å². The molecule has 1 aliphatic carbocycles. The molecule has 1 aromatic carbocycles. The van der Waals surface area contributed by atoms with Gasteiger partial charge in [-0.15, -0.1) is 0 Å². The van der Waals surface area contributed by atoms with Crippen molar-refractivity contribution in [1.82, 2.24) is 0 Å². The van der Waals surface area contributed by atoms with Crippen LogP contribution in [-0.2, 0) is 0 Å². The molecule has 0 bridgehead atoms. The zero-order chi connectivity index (χ0) is 13.1. The molecule has 102 valence electrons. The third-order valence-corrected chi connectivity index (χ3v) is 3.73. The summed E-state index contributed by atoms with van der Waals surface area (Å²) in [5, 5.41) is 0. The van der Waals surface area contributed by atoms with Crippen LogP contribution in [0.15, 0.2) is 17.1 Å². The van der Waals surface area contributed by atoms with E-state index in [9.17, 15) is 0 Å². The van der Waals surface area contributed by atoms with Crippen LogP contribution in [-0.4, -0.2) is 26.2 Å². The van der Waals surface area contributed by atoms with Crippen molar-refractivity contribution >= 4 is 6.21 Å². The molecule has 0 saturated heterocycles. The Hall–Kier alpha value is -1.71. The Morgan fingerprint density at radius 2 is 2.05 bits per heavy atom. The van der Waals surface area contributed by atoms with E-state index < -0.39 is 0 Å². The fraction of sp³-hybridized carbons (Fsp3) is 0.533. The van der Waals surface area contributed by atoms with E-state index in [1.54, 1.807) is 7.11 Å². The van der Waals surface area contributed by atoms with E-state index in [2.05, 4.69) is 4.99 Å². The van der Waals surface area contributed by atoms with Crippen LogP contribution in [0.25, 0.3) is 0 Å². The van der Waals surface area contributed by atoms with Crippen LogP contribution < -0.4 is 14.2 Å². The molecule has 1 aliphatic heterocycles. The number of hydrogen-bond acceptors (Lipinski definition) is 4. The highest BCUT2D eigenvalue weighted by atomic mass is 16.7. The van der Waals surface area contributed by atoms with Crippen molar-refractivity contribution in [3.05, 3.63) is 17.7 Å². The minimum Gasteiger partial charge on any atom is -0.492 e. The van der Waals surface area contributed by atoms with E-state index in [-0.39, 0.29) is 6.79 Å². The number of ether oxygens (including phenoxy) is 3. The van der Waals surface area contributed by atoms with Crippen LogP contribution in [0, 0.1) is 0 Å². The Bertz CT molecular complexity index is 479. The van der Waals surface area contributed by atoms with Crippen molar-refractivity contribution in [2.24, 2.45) is 4.99 Å². The predicted octanol–water partition coefficient (Wildman–Crippen LogP) is 3.18. The average Bonchev–Trinajstić information content (AvgIpc) is 2.94. The molecule has 0 unspecified atom stereocenters. The number of fused-ring (bicyclic) bond motifs is 1. The van der Waals surface area contributed by atoms with Crippen molar-refractivity contribution < 1.29 is 14.2 Å². The number of nitrogens with zero attached hydrogens (tertiary/aromatic N) is 1. The maximum Gasteiger partial charge on any atom is 0.231 e. The van der Waals surface area contributed by atoms with E-state index in [0.717, 1.165) is 17.1 Å². The molecule has 1 fully saturated rings. The molecule has 1 heterocycles. The van der Waals surface area contributed by atoms with Gasteiger partial charge in [0.2, 0.25) is 12.5 Å². The molecule has 4 heteroatoms. The van der Waals surface area contributed by atoms with Crippen LogP contribution in [0.1, 0.15) is 37.7 Å². The quantitative estimate of drug-likeness (QED) is 0.785. The van der Waals surface area contributed by atoms with Gasteiger partial charge in [-0.05, 0) is 25.0 Å². The number of hydrogen-bond donors (Lipinski definition) is 0. The normalized spacial score (nSPS) is 19.0. The summed E-state index contributed by atoms with van der Waals surface area (Å²) >= 11 is 0. The Morgan fingerprint density at radius 1 is 1.21 bits per heavy atom. The van der Waals surface area contributed by atoms with Crippen molar-refractivity contribution in [1.29, 1.82) is 0 Å². The number of rotatable bonds is 3. The molecule has 0 N–H and O–H groups in total. The van der Waals surface area contributed by atoms with E-state index >= 15 is 0 Å². The largest absolute Gasteiger partial charge is 0.492 e. The van der Waals surface area contributed by atoms with Gasteiger partial charge in [0.1, 0.15) is 0 Å². The van der Waals surface area contributed by atoms with E-state index in [4.69, 9.17) is 14.2 Å². The number of benzene rings is 1. The van der Waals surface area contributed by atoms with Crippen LogP contribution in [0.5, 0.6) is 17.2 Å². The maximum atomic E-state index is 5.44. The highest BCUT2D eigenvalue weighted by Gasteiger charge is 2.21. The molecular formula is C15H19NO3. The van der Waals surface area contributed by atoms with Crippen molar-refractivity contribution in [3.63, 3.8) is 0 Å². The third-order valence-electron chi connectivity index (χ3n) is 3.73. The maximum absolute atomic E-state index is 5.44. The second-order valence-corrected chi connectivity index (χ2v) is 4.99. The minimum atomic E-state index is 0.259. The lowest BCUT2D eigenvalue weighted by molar-refractivity contribution is 0.171. The van der Waals surface area contributed by atoms with E-state index in [1.807, 2.05) is 18.3 Å². The lowest BCUT2D eigenvalue weighted by Gasteiger charge is -2.17. The summed E-state index contributed by atoms with van der Waals surface area (Å²) in [5.74, 6) is 2.15. The van der Waals surface area contributed by atoms with Crippen molar-refractivity contribution in [2.75, 3.05) is 13.9 Å². The van der Waals surface area contributed by atoms with Gasteiger partial charge in [-0.25, -0.2) is 0 Å². The van der Waals surface area contributed by atoms with Gasteiger partial charge >= 0.3 is 0 Å². The first-order valence-electron chi connectivity index (χ1n) is 6.88. The standard InChI is InChI=1S/C15H19NO3/c1-17-14-11(7-8-13-15(14)19-10-18-13)9-16-12-5-3-2-4-6-12/h7-9,12H,2-6,10H2,1H3. The predicted molar refractivity (Wildman–Crippen MR) is 73.6 cm³/mol. The molecular weight excluding hydrogens is 242 g/mol. The molecule has 1 saturated carbocycles. The topological polar surface area (TPSA) is 40.0 Å². The summed E-state index contributed by atoms with van der Waals surface area (Å²) < 4.78 is 16.2. The summed E-state index contributed by atoms with van der Waals surface area (Å²) in [6.07, 6.45) is 8.24. The zero-order valence-electron chi connectivity index (χ0n) is 11.2. The second-order valence-electron chi connectivity index (χ2n) is 4.99. The summed E-state index contributed by atoms with van der Waals surface area (Å²) in [4.78, 5) is 4.69. The van der Waals surface area contributed by atoms with Gasteiger partial charge in [-0.1, -0.05) is 19.3 Å². The molecule has 0 amide bonds. The fourth-order valence-electron chi connectivity index (χ4n) is 2.69. The van der Waals surface area contributed by atoms with Crippen LogP contribution in [0.2, 0.25) is 0 Å². The lowest BCUT2D eigenvalue weighted by atomic mass is 9.96. The summed E-state index contributed by atoms with van der Waals surface area (Å²) in [6.45, 7) is 0.259. The van der Waals surface area contributed by atoms with Crippen LogP contribution in [0.3, 0.4) is 0 Å². The Balaban J connectivity index is 1.82. The number of methoxy groups -OCH3 is 1. The third kappa shape index (κ3) is 2.53. The SMILES string of the molecule is COc1c(C=NC2CCCCC2)ccc2c1OCO2. The molecule has 0 aromatic heterocycles. The Morgan fingerprint density at radius 3 is 2.84 bits per heavy atom. The molecule has 1 aromatic rings. The molecule has 2 aliphatic rings. The van der Waals surface area contributed by atoms with E-state index in [0.29, 0.717) is 11.8 Å². The zero-order valence-corrected chi connectivity index (χ0v) is 11.2. The van der Waals surface area contributed by atoms with Crippen LogP contribution in [0.4, 0.5) is 0 Å². The molecule has 0 radical (unpaired) electrons. The van der Waals surface area contributed by atoms with Gasteiger partial charge in [0.05, 0.1) is 7.11 Å². The average molecular weight is 261 g/mol. The van der Waals surface area contributed by atoms with Gasteiger partial charge in [-0.2, -0.15) is 0 Å². The second kappa shape index (κ2) is 5.51. The van der Waals surface area contributed by atoms with E-state index in [1.165, 1.54) is 32.1 Å². The molecule has 0 spiro atoms. The first kappa shape index (κ1) is 12.3. The highest BCUT2D eigenvalue weighted by molar-refractivity contribution is 5.86. The lowest BCUT2D eigenvalue weighted by Crippen LogP contribution is -2.09. The summed E-state index contributed by atoms with van der Waals surface area (Å²) in [6, 6.07) is 4.34. The van der Waals surface area contributed by atoms with Gasteiger partial charge in [0.15, 0.2) is 11.5 Å². The molecule has 0 atom stereocenters. The van der Waals surface area contributed by atoms with Gasteiger partial charge in [0.25, 0.3) is 0 Å². The molecule has 19 heavy (non-hydrogen) atoms. The minimum absolute atomic E-state index is 0.259. The fourth-order valence-corrected chi connectivity index (χ4v) is 2.69. The first-order valence-corrected chi connectivity index (χ1v) is 6.88. The summed E-state index contributed by atoms with van der Waals surface area (Å²) in [5.41, 5.74) is 0.956. The molecule has 3 rings (SSSR count). The smallest absolute Gasteiger partial charge is 0.231 e. The monoisotopic (exact) mass is 261 g/mol. The first-order chi connectivity index (χ1) is 9.38.